The molecule has 1 aromatic heterocycles. The van der Waals surface area contributed by atoms with E-state index in [0.29, 0.717) is 16.1 Å². The molecule has 0 saturated heterocycles. The number of para-hydroxylation sites is 3. The molecule has 7 heteroatoms. The van der Waals surface area contributed by atoms with E-state index in [9.17, 15) is 14.9 Å². The minimum atomic E-state index is -0.481. The van der Waals surface area contributed by atoms with Gasteiger partial charge in [0.25, 0.3) is 11.2 Å². The van der Waals surface area contributed by atoms with Crippen LogP contribution in [0.5, 0.6) is 0 Å². The molecule has 0 bridgehead atoms. The normalized spacial score (nSPS) is 10.9. The Hall–Kier alpha value is -2.67. The van der Waals surface area contributed by atoms with Gasteiger partial charge in [-0.05, 0) is 24.6 Å². The standard InChI is InChI=1S/C17H15N3O3S/c1-2-11-24-17-18-13-8-4-3-7-12(13)16(21)19(17)14-9-5-6-10-15(14)20(22)23/h3-10H,2,11H2,1H3. The number of aromatic nitrogens is 2. The molecule has 3 rings (SSSR count). The largest absolute Gasteiger partial charge is 0.293 e. The average molecular weight is 341 g/mol. The van der Waals surface area contributed by atoms with E-state index in [1.807, 2.05) is 13.0 Å². The van der Waals surface area contributed by atoms with Crippen molar-refractivity contribution in [3.8, 4) is 5.69 Å². The fourth-order valence-electron chi connectivity index (χ4n) is 2.42. The summed E-state index contributed by atoms with van der Waals surface area (Å²) in [6.07, 6.45) is 0.907. The van der Waals surface area contributed by atoms with Crippen LogP contribution in [-0.4, -0.2) is 20.2 Å². The van der Waals surface area contributed by atoms with Crippen LogP contribution >= 0.6 is 11.8 Å². The number of hydrogen-bond donors (Lipinski definition) is 0. The molecule has 3 aromatic rings. The van der Waals surface area contributed by atoms with Crippen molar-refractivity contribution in [2.24, 2.45) is 0 Å². The zero-order valence-electron chi connectivity index (χ0n) is 13.0. The van der Waals surface area contributed by atoms with Gasteiger partial charge in [-0.2, -0.15) is 0 Å². The summed E-state index contributed by atoms with van der Waals surface area (Å²) in [5.74, 6) is 0.769. The van der Waals surface area contributed by atoms with E-state index < -0.39 is 4.92 Å². The lowest BCUT2D eigenvalue weighted by atomic mass is 10.2. The van der Waals surface area contributed by atoms with Gasteiger partial charge in [0.2, 0.25) is 0 Å². The second kappa shape index (κ2) is 6.84. The SMILES string of the molecule is CCCSc1nc2ccccc2c(=O)n1-c1ccccc1[N+](=O)[O-]. The maximum Gasteiger partial charge on any atom is 0.293 e. The van der Waals surface area contributed by atoms with Crippen molar-refractivity contribution in [2.45, 2.75) is 18.5 Å². The molecule has 122 valence electrons. The Kier molecular flexibility index (Phi) is 4.61. The van der Waals surface area contributed by atoms with Gasteiger partial charge in [-0.1, -0.05) is 43.0 Å². The Morgan fingerprint density at radius 3 is 2.62 bits per heavy atom. The second-order valence-corrected chi connectivity index (χ2v) is 6.21. The van der Waals surface area contributed by atoms with E-state index in [0.717, 1.165) is 12.2 Å². The minimum Gasteiger partial charge on any atom is -0.268 e. The van der Waals surface area contributed by atoms with Gasteiger partial charge in [0.15, 0.2) is 5.16 Å². The molecule has 0 radical (unpaired) electrons. The van der Waals surface area contributed by atoms with Crippen molar-refractivity contribution < 1.29 is 4.92 Å². The molecular formula is C17H15N3O3S. The smallest absolute Gasteiger partial charge is 0.268 e. The molecule has 6 nitrogen and oxygen atoms in total. The lowest BCUT2D eigenvalue weighted by Gasteiger charge is -2.13. The molecule has 0 fully saturated rings. The molecule has 24 heavy (non-hydrogen) atoms. The number of benzene rings is 2. The molecule has 0 aliphatic rings. The fourth-order valence-corrected chi connectivity index (χ4v) is 3.28. The van der Waals surface area contributed by atoms with Gasteiger partial charge in [0.05, 0.1) is 15.8 Å². The first-order valence-corrected chi connectivity index (χ1v) is 8.50. The average Bonchev–Trinajstić information content (AvgIpc) is 2.60. The van der Waals surface area contributed by atoms with Gasteiger partial charge in [-0.3, -0.25) is 14.9 Å². The van der Waals surface area contributed by atoms with Gasteiger partial charge < -0.3 is 0 Å². The number of thioether (sulfide) groups is 1. The summed E-state index contributed by atoms with van der Waals surface area (Å²) in [4.78, 5) is 28.4. The molecule has 0 unspecified atom stereocenters. The lowest BCUT2D eigenvalue weighted by molar-refractivity contribution is -0.384. The van der Waals surface area contributed by atoms with Crippen molar-refractivity contribution in [1.82, 2.24) is 9.55 Å². The van der Waals surface area contributed by atoms with Gasteiger partial charge in [0.1, 0.15) is 5.69 Å². The number of nitro benzene ring substituents is 1. The molecule has 0 aliphatic heterocycles. The van der Waals surface area contributed by atoms with E-state index in [4.69, 9.17) is 0 Å². The Labute approximate surface area is 142 Å². The van der Waals surface area contributed by atoms with E-state index in [-0.39, 0.29) is 16.9 Å². The number of fused-ring (bicyclic) bond motifs is 1. The van der Waals surface area contributed by atoms with Crippen LogP contribution in [0.4, 0.5) is 5.69 Å². The molecule has 0 atom stereocenters. The third kappa shape index (κ3) is 2.90. The zero-order valence-corrected chi connectivity index (χ0v) is 13.8. The van der Waals surface area contributed by atoms with Crippen LogP contribution in [0.25, 0.3) is 16.6 Å². The first-order chi connectivity index (χ1) is 11.6. The molecule has 1 heterocycles. The number of nitrogens with zero attached hydrogens (tertiary/aromatic N) is 3. The van der Waals surface area contributed by atoms with Crippen LogP contribution in [0, 0.1) is 10.1 Å². The first-order valence-electron chi connectivity index (χ1n) is 7.52. The second-order valence-electron chi connectivity index (χ2n) is 5.15. The maximum absolute atomic E-state index is 13.0. The number of nitro groups is 1. The van der Waals surface area contributed by atoms with Crippen LogP contribution in [0.2, 0.25) is 0 Å². The molecule has 2 aromatic carbocycles. The van der Waals surface area contributed by atoms with E-state index >= 15 is 0 Å². The molecular weight excluding hydrogens is 326 g/mol. The lowest BCUT2D eigenvalue weighted by Crippen LogP contribution is -2.22. The Bertz CT molecular complexity index is 969. The Balaban J connectivity index is 2.35. The van der Waals surface area contributed by atoms with Crippen molar-refractivity contribution in [3.05, 3.63) is 69.0 Å². The van der Waals surface area contributed by atoms with Crippen LogP contribution in [0.15, 0.2) is 58.5 Å². The van der Waals surface area contributed by atoms with E-state index in [2.05, 4.69) is 4.98 Å². The highest BCUT2D eigenvalue weighted by Gasteiger charge is 2.20. The molecule has 0 N–H and O–H groups in total. The highest BCUT2D eigenvalue weighted by molar-refractivity contribution is 7.99. The number of hydrogen-bond acceptors (Lipinski definition) is 5. The van der Waals surface area contributed by atoms with Crippen molar-refractivity contribution in [1.29, 1.82) is 0 Å². The predicted molar refractivity (Wildman–Crippen MR) is 95.0 cm³/mol. The third-order valence-corrected chi connectivity index (χ3v) is 4.64. The van der Waals surface area contributed by atoms with Gasteiger partial charge in [0, 0.05) is 11.8 Å². The van der Waals surface area contributed by atoms with Crippen molar-refractivity contribution in [2.75, 3.05) is 5.75 Å². The number of rotatable bonds is 5. The third-order valence-electron chi connectivity index (χ3n) is 3.50. The Morgan fingerprint density at radius 1 is 1.17 bits per heavy atom. The molecule has 0 amide bonds. The van der Waals surface area contributed by atoms with Gasteiger partial charge in [-0.25, -0.2) is 9.55 Å². The highest BCUT2D eigenvalue weighted by atomic mass is 32.2. The van der Waals surface area contributed by atoms with Gasteiger partial charge >= 0.3 is 0 Å². The maximum atomic E-state index is 13.0. The molecule has 0 spiro atoms. The summed E-state index contributed by atoms with van der Waals surface area (Å²) in [6.45, 7) is 2.03. The van der Waals surface area contributed by atoms with E-state index in [1.54, 1.807) is 36.4 Å². The summed E-state index contributed by atoms with van der Waals surface area (Å²) in [5, 5.41) is 12.3. The Morgan fingerprint density at radius 2 is 1.88 bits per heavy atom. The van der Waals surface area contributed by atoms with Crippen LogP contribution < -0.4 is 5.56 Å². The predicted octanol–water partition coefficient (Wildman–Crippen LogP) is 3.80. The van der Waals surface area contributed by atoms with Crippen molar-refractivity contribution in [3.63, 3.8) is 0 Å². The van der Waals surface area contributed by atoms with Crippen LogP contribution in [0.1, 0.15) is 13.3 Å². The van der Waals surface area contributed by atoms with Crippen LogP contribution in [-0.2, 0) is 0 Å². The summed E-state index contributed by atoms with van der Waals surface area (Å²) in [5.41, 5.74) is 0.420. The summed E-state index contributed by atoms with van der Waals surface area (Å²) in [7, 11) is 0. The summed E-state index contributed by atoms with van der Waals surface area (Å²) < 4.78 is 1.35. The van der Waals surface area contributed by atoms with Crippen molar-refractivity contribution >= 4 is 28.4 Å². The topological polar surface area (TPSA) is 78.0 Å². The van der Waals surface area contributed by atoms with Crippen LogP contribution in [0.3, 0.4) is 0 Å². The highest BCUT2D eigenvalue weighted by Crippen LogP contribution is 2.27. The fraction of sp³-hybridized carbons (Fsp3) is 0.176. The van der Waals surface area contributed by atoms with E-state index in [1.165, 1.54) is 22.4 Å². The minimum absolute atomic E-state index is 0.116. The monoisotopic (exact) mass is 341 g/mol. The van der Waals surface area contributed by atoms with Gasteiger partial charge in [-0.15, -0.1) is 0 Å². The summed E-state index contributed by atoms with van der Waals surface area (Å²) >= 11 is 1.42. The molecule has 0 aliphatic carbocycles. The molecule has 0 saturated carbocycles. The quantitative estimate of drug-likeness (QED) is 0.305. The zero-order chi connectivity index (χ0) is 17.1. The first kappa shape index (κ1) is 16.2. The summed E-state index contributed by atoms with van der Waals surface area (Å²) in [6, 6.07) is 13.3.